The van der Waals surface area contributed by atoms with Crippen molar-refractivity contribution in [3.8, 4) is 17.2 Å². The number of nitrogens with two attached hydrogens (primary N) is 2. The smallest absolute Gasteiger partial charge is 0.264 e. The molecule has 0 bridgehead atoms. The second kappa shape index (κ2) is 20.7. The number of fused-ring (bicyclic) bond motifs is 2. The summed E-state index contributed by atoms with van der Waals surface area (Å²) in [5.41, 5.74) is 15.0. The lowest BCUT2D eigenvalue weighted by Gasteiger charge is -2.30. The third-order valence-electron chi connectivity index (χ3n) is 11.1. The number of piperidine rings is 1. The number of rotatable bonds is 22. The van der Waals surface area contributed by atoms with E-state index >= 15 is 0 Å². The molecule has 4 heterocycles. The zero-order valence-electron chi connectivity index (χ0n) is 35.3. The molecule has 5 amide bonds. The van der Waals surface area contributed by atoms with Crippen LogP contribution in [0.15, 0.2) is 42.7 Å². The fourth-order valence-corrected chi connectivity index (χ4v) is 8.05. The Kier molecular flexibility index (Phi) is 14.7. The summed E-state index contributed by atoms with van der Waals surface area (Å²) in [5, 5.41) is 8.83. The number of hydrogen-bond donors (Lipinski definition) is 5. The fraction of sp³-hybridized carbons (Fsp3) is 0.465. The van der Waals surface area contributed by atoms with Crippen LogP contribution in [0, 0.1) is 0 Å². The van der Waals surface area contributed by atoms with Crippen LogP contribution >= 0.6 is 0 Å². The van der Waals surface area contributed by atoms with Gasteiger partial charge in [-0.2, -0.15) is 0 Å². The molecule has 7 rings (SSSR count). The summed E-state index contributed by atoms with van der Waals surface area (Å²) in [6.45, 7) is 2.40. The first-order valence-corrected chi connectivity index (χ1v) is 21.0. The van der Waals surface area contributed by atoms with Crippen molar-refractivity contribution in [2.24, 2.45) is 11.5 Å². The minimum atomic E-state index is -1.03. The second-order valence-electron chi connectivity index (χ2n) is 15.2. The van der Waals surface area contributed by atoms with E-state index < -0.39 is 35.6 Å². The number of anilines is 2. The van der Waals surface area contributed by atoms with Crippen molar-refractivity contribution >= 4 is 46.8 Å². The minimum absolute atomic E-state index is 0.0216. The van der Waals surface area contributed by atoms with Crippen molar-refractivity contribution < 1.29 is 52.4 Å². The van der Waals surface area contributed by atoms with E-state index in [0.717, 1.165) is 36.1 Å². The van der Waals surface area contributed by atoms with Gasteiger partial charge in [0, 0.05) is 49.6 Å². The van der Waals surface area contributed by atoms with E-state index in [0.29, 0.717) is 79.8 Å². The molecule has 1 saturated heterocycles. The molecule has 20 heteroatoms. The van der Waals surface area contributed by atoms with Gasteiger partial charge in [-0.25, -0.2) is 9.97 Å². The van der Waals surface area contributed by atoms with Gasteiger partial charge < -0.3 is 50.5 Å². The van der Waals surface area contributed by atoms with Crippen LogP contribution in [0.3, 0.4) is 0 Å². The van der Waals surface area contributed by atoms with Gasteiger partial charge in [0.2, 0.25) is 23.5 Å². The van der Waals surface area contributed by atoms with E-state index in [2.05, 4.69) is 20.9 Å². The van der Waals surface area contributed by atoms with Gasteiger partial charge in [0.1, 0.15) is 18.2 Å². The molecule has 2 aliphatic heterocycles. The number of ether oxygens (including phenoxy) is 6. The Labute approximate surface area is 363 Å². The predicted octanol–water partition coefficient (Wildman–Crippen LogP) is 2.06. The van der Waals surface area contributed by atoms with Crippen LogP contribution in [0.5, 0.6) is 17.2 Å². The maximum absolute atomic E-state index is 13.3. The lowest BCUT2D eigenvalue weighted by molar-refractivity contribution is -0.136. The van der Waals surface area contributed by atoms with Crippen LogP contribution in [0.4, 0.5) is 11.6 Å². The number of imide groups is 2. The molecule has 1 unspecified atom stereocenters. The van der Waals surface area contributed by atoms with Crippen molar-refractivity contribution in [1.29, 1.82) is 0 Å². The molecule has 0 radical (unpaired) electrons. The van der Waals surface area contributed by atoms with E-state index in [1.54, 1.807) is 47.1 Å². The fourth-order valence-electron chi connectivity index (χ4n) is 8.05. The first-order chi connectivity index (χ1) is 30.6. The molecule has 2 aromatic carbocycles. The van der Waals surface area contributed by atoms with Crippen LogP contribution < -0.4 is 41.6 Å². The van der Waals surface area contributed by atoms with Gasteiger partial charge in [-0.3, -0.25) is 38.6 Å². The summed E-state index contributed by atoms with van der Waals surface area (Å²) < 4.78 is 36.1. The number of amides is 5. The lowest BCUT2D eigenvalue weighted by Crippen LogP contribution is -2.54. The summed E-state index contributed by atoms with van der Waals surface area (Å²) in [6, 6.07) is 7.45. The van der Waals surface area contributed by atoms with Crippen molar-refractivity contribution in [3.63, 3.8) is 0 Å². The van der Waals surface area contributed by atoms with Crippen molar-refractivity contribution in [3.05, 3.63) is 70.7 Å². The number of imidazole rings is 1. The predicted molar refractivity (Wildman–Crippen MR) is 227 cm³/mol. The topological polar surface area (TPSA) is 262 Å². The quantitative estimate of drug-likeness (QED) is 0.0559. The van der Waals surface area contributed by atoms with Gasteiger partial charge in [0.15, 0.2) is 17.1 Å². The molecular formula is C43H53N9O11. The molecule has 2 aromatic heterocycles. The molecule has 4 aromatic rings. The first kappa shape index (κ1) is 44.7. The summed E-state index contributed by atoms with van der Waals surface area (Å²) in [7, 11) is 3.05. The van der Waals surface area contributed by atoms with E-state index in [-0.39, 0.29) is 61.3 Å². The summed E-state index contributed by atoms with van der Waals surface area (Å²) in [5.74, 6) is -1.11. The van der Waals surface area contributed by atoms with E-state index in [9.17, 15) is 24.0 Å². The highest BCUT2D eigenvalue weighted by atomic mass is 16.6. The Morgan fingerprint density at radius 3 is 2.29 bits per heavy atom. The van der Waals surface area contributed by atoms with Gasteiger partial charge in [0.05, 0.1) is 70.7 Å². The zero-order chi connectivity index (χ0) is 44.5. The van der Waals surface area contributed by atoms with Crippen LogP contribution in [0.2, 0.25) is 0 Å². The largest absolute Gasteiger partial charge is 0.493 e. The molecule has 7 N–H and O–H groups in total. The average molecular weight is 872 g/mol. The Balaban J connectivity index is 0.827. The third kappa shape index (κ3) is 10.1. The number of benzene rings is 2. The molecule has 0 spiro atoms. The van der Waals surface area contributed by atoms with Crippen LogP contribution in [0.25, 0.3) is 5.65 Å². The Morgan fingerprint density at radius 1 is 0.905 bits per heavy atom. The Bertz CT molecular complexity index is 2310. The summed E-state index contributed by atoms with van der Waals surface area (Å²) in [4.78, 5) is 73.3. The van der Waals surface area contributed by atoms with Gasteiger partial charge in [0.25, 0.3) is 17.7 Å². The van der Waals surface area contributed by atoms with Gasteiger partial charge in [-0.1, -0.05) is 18.9 Å². The molecule has 63 heavy (non-hydrogen) atoms. The van der Waals surface area contributed by atoms with Crippen molar-refractivity contribution in [2.45, 2.75) is 63.1 Å². The van der Waals surface area contributed by atoms with Crippen LogP contribution in [-0.4, -0.2) is 134 Å². The molecule has 2 fully saturated rings. The van der Waals surface area contributed by atoms with E-state index in [1.807, 2.05) is 0 Å². The zero-order valence-corrected chi connectivity index (χ0v) is 35.3. The molecule has 1 aliphatic carbocycles. The van der Waals surface area contributed by atoms with Crippen molar-refractivity contribution in [1.82, 2.24) is 24.6 Å². The summed E-state index contributed by atoms with van der Waals surface area (Å²) >= 11 is 0. The molecule has 3 aliphatic rings. The number of nitrogens with one attached hydrogen (secondary N) is 3. The monoisotopic (exact) mass is 871 g/mol. The third-order valence-corrected chi connectivity index (χ3v) is 11.1. The maximum Gasteiger partial charge on any atom is 0.264 e. The van der Waals surface area contributed by atoms with Gasteiger partial charge in [-0.05, 0) is 49.1 Å². The summed E-state index contributed by atoms with van der Waals surface area (Å²) in [6.07, 6.45) is 7.67. The molecular weight excluding hydrogens is 819 g/mol. The minimum Gasteiger partial charge on any atom is -0.493 e. The SMILES string of the molecule is COc1cc(Cc2nc(N[C@H]3CCCC[C@H]3N)n3ccnc3c2C(N)=O)cc(OC)c1OCCOCCOCCOCCNc1cccc2c1C(=O)N(C1CCC(=O)NC1=O)C2=O. The highest BCUT2D eigenvalue weighted by Crippen LogP contribution is 2.39. The normalized spacial score (nSPS) is 18.7. The number of aromatic nitrogens is 3. The van der Waals surface area contributed by atoms with Gasteiger partial charge >= 0.3 is 0 Å². The van der Waals surface area contributed by atoms with Crippen LogP contribution in [-0.2, 0) is 30.2 Å². The lowest BCUT2D eigenvalue weighted by atomic mass is 9.91. The molecule has 3 atom stereocenters. The molecule has 20 nitrogen and oxygen atoms in total. The highest BCUT2D eigenvalue weighted by molar-refractivity contribution is 6.25. The second-order valence-corrected chi connectivity index (χ2v) is 15.2. The standard InChI is InChI=1S/C43H53N9O11/c1-58-32-23-25(22-30-36(38(45)54)39-47-12-14-51(39)43(49-30)48-28-8-4-3-7-27(28)44)24-33(59-2)37(32)63-21-20-62-19-18-61-17-16-60-15-13-46-29-9-5-6-26-35(29)42(57)52(41(26)56)31-10-11-34(53)50-40(31)55/h5-6,9,12,14,23-24,27-28,31,46H,3-4,7-8,10-11,13,15-22,44H2,1-2H3,(H2,45,54)(H,48,49)(H,50,53,55)/t27-,28+,31?/m1/s1. The maximum atomic E-state index is 13.3. The number of hydrogen-bond acceptors (Lipinski definition) is 16. The number of nitrogens with zero attached hydrogens (tertiary/aromatic N) is 4. The van der Waals surface area contributed by atoms with E-state index in [4.69, 9.17) is 44.9 Å². The Hall–Kier alpha value is -6.35. The van der Waals surface area contributed by atoms with Crippen LogP contribution in [0.1, 0.15) is 80.9 Å². The number of carbonyl (C=O) groups excluding carboxylic acids is 5. The first-order valence-electron chi connectivity index (χ1n) is 21.0. The Morgan fingerprint density at radius 2 is 1.60 bits per heavy atom. The van der Waals surface area contributed by atoms with E-state index in [1.165, 1.54) is 14.2 Å². The van der Waals surface area contributed by atoms with Crippen molar-refractivity contribution in [2.75, 3.05) is 77.6 Å². The average Bonchev–Trinajstić information content (AvgIpc) is 3.86. The number of primary amides is 1. The molecule has 336 valence electrons. The molecule has 1 saturated carbocycles. The number of methoxy groups -OCH3 is 2. The van der Waals surface area contributed by atoms with Gasteiger partial charge in [-0.15, -0.1) is 0 Å². The number of carbonyl (C=O) groups is 5. The highest BCUT2D eigenvalue weighted by Gasteiger charge is 2.45.